The van der Waals surface area contributed by atoms with Crippen LogP contribution in [-0.4, -0.2) is 60.4 Å². The summed E-state index contributed by atoms with van der Waals surface area (Å²) in [7, 11) is 1.51. The monoisotopic (exact) mass is 497 g/mol. The first kappa shape index (κ1) is 26.0. The molecule has 10 heteroatoms. The topological polar surface area (TPSA) is 120 Å². The first-order valence-electron chi connectivity index (χ1n) is 11.2. The van der Waals surface area contributed by atoms with E-state index in [1.165, 1.54) is 7.05 Å². The Balaban J connectivity index is 1.81. The first-order valence-corrected chi connectivity index (χ1v) is 11.6. The molecule has 0 saturated carbocycles. The lowest BCUT2D eigenvalue weighted by Gasteiger charge is -2.22. The average molecular weight is 498 g/mol. The average Bonchev–Trinajstić information content (AvgIpc) is 2.87. The number of carbonyl (C=O) groups excluding carboxylic acids is 1. The van der Waals surface area contributed by atoms with Crippen molar-refractivity contribution >= 4 is 34.2 Å². The number of urea groups is 1. The summed E-state index contributed by atoms with van der Waals surface area (Å²) in [6.07, 6.45) is 0.900. The second kappa shape index (κ2) is 12.2. The van der Waals surface area contributed by atoms with Crippen molar-refractivity contribution in [3.8, 4) is 23.3 Å². The Bertz CT molecular complexity index is 1230. The van der Waals surface area contributed by atoms with Crippen LogP contribution in [0.2, 0.25) is 5.02 Å². The van der Waals surface area contributed by atoms with Crippen LogP contribution in [-0.2, 0) is 0 Å². The van der Waals surface area contributed by atoms with Gasteiger partial charge in [0.25, 0.3) is 0 Å². The zero-order valence-electron chi connectivity index (χ0n) is 19.8. The van der Waals surface area contributed by atoms with E-state index in [0.717, 1.165) is 13.1 Å². The van der Waals surface area contributed by atoms with Gasteiger partial charge >= 0.3 is 6.03 Å². The number of aromatic nitrogens is 1. The van der Waals surface area contributed by atoms with Crippen LogP contribution in [0.5, 0.6) is 17.2 Å². The fourth-order valence-corrected chi connectivity index (χ4v) is 3.65. The van der Waals surface area contributed by atoms with Gasteiger partial charge in [0.1, 0.15) is 36.0 Å². The van der Waals surface area contributed by atoms with Crippen molar-refractivity contribution in [1.82, 2.24) is 15.2 Å². The minimum absolute atomic E-state index is 0.0574. The van der Waals surface area contributed by atoms with E-state index in [4.69, 9.17) is 21.1 Å². The Morgan fingerprint density at radius 1 is 1.23 bits per heavy atom. The number of nitrogens with one attached hydrogen (secondary N) is 2. The highest BCUT2D eigenvalue weighted by atomic mass is 35.5. The van der Waals surface area contributed by atoms with Crippen LogP contribution in [0.1, 0.15) is 19.4 Å². The summed E-state index contributed by atoms with van der Waals surface area (Å²) < 4.78 is 11.8. The molecule has 0 spiro atoms. The number of aliphatic hydroxyl groups is 1. The maximum Gasteiger partial charge on any atom is 0.319 e. The van der Waals surface area contributed by atoms with Crippen molar-refractivity contribution in [3.63, 3.8) is 0 Å². The van der Waals surface area contributed by atoms with Crippen LogP contribution < -0.4 is 20.1 Å². The van der Waals surface area contributed by atoms with Gasteiger partial charge in [-0.1, -0.05) is 25.4 Å². The number of nitriles is 1. The molecule has 0 saturated heterocycles. The van der Waals surface area contributed by atoms with Crippen LogP contribution in [0.4, 0.5) is 10.5 Å². The number of likely N-dealkylation sites (N-methyl/N-ethyl adjacent to an activating group) is 1. The first-order chi connectivity index (χ1) is 16.9. The maximum absolute atomic E-state index is 11.5. The van der Waals surface area contributed by atoms with Crippen molar-refractivity contribution in [3.05, 3.63) is 53.2 Å². The zero-order valence-corrected chi connectivity index (χ0v) is 20.6. The van der Waals surface area contributed by atoms with Gasteiger partial charge in [-0.3, -0.25) is 4.98 Å². The Morgan fingerprint density at radius 2 is 2.00 bits per heavy atom. The molecule has 2 aromatic carbocycles. The van der Waals surface area contributed by atoms with Crippen LogP contribution >= 0.6 is 11.6 Å². The number of pyridine rings is 1. The summed E-state index contributed by atoms with van der Waals surface area (Å²) >= 11 is 6.28. The second-order valence-corrected chi connectivity index (χ2v) is 8.09. The van der Waals surface area contributed by atoms with Crippen LogP contribution in [0.3, 0.4) is 0 Å². The van der Waals surface area contributed by atoms with Crippen LogP contribution in [0.15, 0.2) is 42.6 Å². The summed E-state index contributed by atoms with van der Waals surface area (Å²) in [5, 5.41) is 26.0. The number of amides is 2. The van der Waals surface area contributed by atoms with E-state index >= 15 is 0 Å². The molecule has 1 aromatic heterocycles. The van der Waals surface area contributed by atoms with Gasteiger partial charge in [0.15, 0.2) is 0 Å². The largest absolute Gasteiger partial charge is 0.489 e. The number of fused-ring (bicyclic) bond motifs is 1. The van der Waals surface area contributed by atoms with Crippen LogP contribution in [0, 0.1) is 11.3 Å². The van der Waals surface area contributed by atoms with Crippen molar-refractivity contribution in [2.75, 3.05) is 38.6 Å². The lowest BCUT2D eigenvalue weighted by molar-refractivity contribution is 0.0716. The number of nitrogens with zero attached hydrogens (tertiary/aromatic N) is 3. The molecule has 0 aliphatic carbocycles. The number of aliphatic hydroxyl groups excluding tert-OH is 1. The minimum atomic E-state index is -0.689. The van der Waals surface area contributed by atoms with Crippen molar-refractivity contribution < 1.29 is 19.4 Å². The summed E-state index contributed by atoms with van der Waals surface area (Å²) in [6, 6.07) is 11.6. The number of carbonyl (C=O) groups is 1. The van der Waals surface area contributed by atoms with Gasteiger partial charge in [0.2, 0.25) is 0 Å². The van der Waals surface area contributed by atoms with Crippen molar-refractivity contribution in [1.29, 1.82) is 5.26 Å². The molecule has 1 atom stereocenters. The molecule has 3 aromatic rings. The van der Waals surface area contributed by atoms with Gasteiger partial charge in [-0.25, -0.2) is 4.79 Å². The lowest BCUT2D eigenvalue weighted by Crippen LogP contribution is -2.35. The van der Waals surface area contributed by atoms with E-state index in [1.54, 1.807) is 42.6 Å². The summed E-state index contributed by atoms with van der Waals surface area (Å²) in [5.41, 5.74) is 1.31. The highest BCUT2D eigenvalue weighted by Crippen LogP contribution is 2.35. The molecule has 1 heterocycles. The van der Waals surface area contributed by atoms with Crippen molar-refractivity contribution in [2.45, 2.75) is 20.0 Å². The van der Waals surface area contributed by atoms with E-state index in [1.807, 2.05) is 13.8 Å². The Kier molecular flexibility index (Phi) is 9.09. The number of hydrogen-bond acceptors (Lipinski definition) is 7. The molecule has 0 fully saturated rings. The fraction of sp³-hybridized carbons (Fsp3) is 0.320. The number of hydrogen-bond donors (Lipinski definition) is 3. The summed E-state index contributed by atoms with van der Waals surface area (Å²) in [4.78, 5) is 18.0. The second-order valence-electron chi connectivity index (χ2n) is 7.68. The van der Waals surface area contributed by atoms with Gasteiger partial charge in [-0.05, 0) is 37.4 Å². The molecule has 0 bridgehead atoms. The maximum atomic E-state index is 11.5. The van der Waals surface area contributed by atoms with E-state index in [0.29, 0.717) is 51.0 Å². The molecule has 0 radical (unpaired) electrons. The molecular formula is C25H28ClN5O4. The normalized spacial score (nSPS) is 11.7. The molecule has 184 valence electrons. The van der Waals surface area contributed by atoms with Crippen molar-refractivity contribution in [2.24, 2.45) is 0 Å². The minimum Gasteiger partial charge on any atom is -0.489 e. The van der Waals surface area contributed by atoms with Gasteiger partial charge in [-0.2, -0.15) is 5.26 Å². The predicted octanol–water partition coefficient (Wildman–Crippen LogP) is 4.38. The number of anilines is 1. The lowest BCUT2D eigenvalue weighted by atomic mass is 10.1. The van der Waals surface area contributed by atoms with Gasteiger partial charge < -0.3 is 30.1 Å². The molecule has 3 N–H and O–H groups in total. The summed E-state index contributed by atoms with van der Waals surface area (Å²) in [5.74, 6) is 1.27. The molecule has 0 aliphatic rings. The number of benzene rings is 2. The van der Waals surface area contributed by atoms with Gasteiger partial charge in [0.05, 0.1) is 21.8 Å². The quantitative estimate of drug-likeness (QED) is 0.380. The molecule has 3 rings (SSSR count). The summed E-state index contributed by atoms with van der Waals surface area (Å²) in [6.45, 7) is 6.27. The van der Waals surface area contributed by atoms with E-state index in [-0.39, 0.29) is 12.6 Å². The molecular weight excluding hydrogens is 470 g/mol. The van der Waals surface area contributed by atoms with E-state index in [9.17, 15) is 15.2 Å². The Labute approximate surface area is 209 Å². The third-order valence-electron chi connectivity index (χ3n) is 5.36. The van der Waals surface area contributed by atoms with E-state index < -0.39 is 6.10 Å². The molecule has 0 unspecified atom stereocenters. The number of halogens is 1. The van der Waals surface area contributed by atoms with E-state index in [2.05, 4.69) is 26.6 Å². The number of ether oxygens (including phenoxy) is 2. The third kappa shape index (κ3) is 6.73. The van der Waals surface area contributed by atoms with Gasteiger partial charge in [0, 0.05) is 37.3 Å². The fourth-order valence-electron chi connectivity index (χ4n) is 3.44. The predicted molar refractivity (Wildman–Crippen MR) is 135 cm³/mol. The highest BCUT2D eigenvalue weighted by molar-refractivity contribution is 6.33. The zero-order chi connectivity index (χ0) is 25.4. The SMILES string of the molecule is CCN(CC)C[C@@H](O)COc1cc2nccc(Oc3ccc(NC(=O)NC)c(Cl)c3)c2cc1C#N. The molecule has 35 heavy (non-hydrogen) atoms. The molecule has 9 nitrogen and oxygen atoms in total. The third-order valence-corrected chi connectivity index (χ3v) is 5.67. The standard InChI is InChI=1S/C25H28ClN5O4/c1-4-31(5-2)14-17(32)15-34-24-12-22-19(10-16(24)13-27)23(8-9-29-22)35-18-6-7-21(20(26)11-18)30-25(33)28-3/h6-12,17,32H,4-5,14-15H2,1-3H3,(H2,28,30,33)/t17-/m1/s1. The van der Waals surface area contributed by atoms with Crippen LogP contribution in [0.25, 0.3) is 10.9 Å². The smallest absolute Gasteiger partial charge is 0.319 e. The molecule has 2 amide bonds. The Hall–Kier alpha value is -3.58. The molecule has 0 aliphatic heterocycles. The van der Waals surface area contributed by atoms with Gasteiger partial charge in [-0.15, -0.1) is 0 Å². The highest BCUT2D eigenvalue weighted by Gasteiger charge is 2.15. The number of rotatable bonds is 10. The Morgan fingerprint density at radius 3 is 2.66 bits per heavy atom.